The minimum Gasteiger partial charge on any atom is -0.507 e. The molecular weight excluding hydrogens is 456 g/mol. The van der Waals surface area contributed by atoms with E-state index in [4.69, 9.17) is 4.74 Å². The lowest BCUT2D eigenvalue weighted by molar-refractivity contribution is -0.140. The molecule has 8 nitrogen and oxygen atoms in total. The van der Waals surface area contributed by atoms with Gasteiger partial charge in [-0.1, -0.05) is 36.8 Å². The average Bonchev–Trinajstić information content (AvgIpc) is 3.13. The number of likely N-dealkylation sites (tertiary alicyclic amines) is 1. The second-order valence-corrected chi connectivity index (χ2v) is 10.3. The number of rotatable bonds is 7. The molecule has 0 aromatic heterocycles. The minimum absolute atomic E-state index is 0.0288. The van der Waals surface area contributed by atoms with Crippen LogP contribution in [0.5, 0.6) is 0 Å². The van der Waals surface area contributed by atoms with Crippen molar-refractivity contribution in [3.63, 3.8) is 0 Å². The quantitative estimate of drug-likeness (QED) is 0.368. The highest BCUT2D eigenvalue weighted by atomic mass is 32.2. The number of ketones is 1. The summed E-state index contributed by atoms with van der Waals surface area (Å²) < 4.78 is 32.4. The Morgan fingerprint density at radius 2 is 1.65 bits per heavy atom. The Bertz CT molecular complexity index is 1190. The van der Waals surface area contributed by atoms with Crippen LogP contribution in [0.25, 0.3) is 5.76 Å². The number of aliphatic hydroxyl groups excluding tert-OH is 1. The van der Waals surface area contributed by atoms with E-state index in [-0.39, 0.29) is 34.9 Å². The van der Waals surface area contributed by atoms with Gasteiger partial charge in [0.25, 0.3) is 11.7 Å². The summed E-state index contributed by atoms with van der Waals surface area (Å²) in [6.07, 6.45) is 2.69. The summed E-state index contributed by atoms with van der Waals surface area (Å²) in [6, 6.07) is 14.0. The molecule has 0 bridgehead atoms. The van der Waals surface area contributed by atoms with Crippen LogP contribution in [0, 0.1) is 0 Å². The first-order chi connectivity index (χ1) is 16.4. The van der Waals surface area contributed by atoms with Gasteiger partial charge in [0.15, 0.2) is 0 Å². The van der Waals surface area contributed by atoms with Crippen LogP contribution in [0.15, 0.2) is 65.1 Å². The normalized spacial score (nSPS) is 21.2. The van der Waals surface area contributed by atoms with Gasteiger partial charge in [0.05, 0.1) is 23.1 Å². The third kappa shape index (κ3) is 4.51. The molecule has 0 saturated carbocycles. The Hall–Kier alpha value is -3.01. The predicted molar refractivity (Wildman–Crippen MR) is 126 cm³/mol. The van der Waals surface area contributed by atoms with Crippen molar-refractivity contribution in [1.29, 1.82) is 0 Å². The number of sulfonamides is 1. The SMILES string of the molecule is COCCN1C(=O)C(=O)/C(=C(/O)c2ccc(S(=O)(=O)N3CCCCC3)cc2)[C@H]1c1ccccc1. The zero-order valence-electron chi connectivity index (χ0n) is 19.0. The number of piperidine rings is 1. The summed E-state index contributed by atoms with van der Waals surface area (Å²) in [5, 5.41) is 11.1. The van der Waals surface area contributed by atoms with Crippen LogP contribution in [-0.2, 0) is 24.3 Å². The van der Waals surface area contributed by atoms with E-state index in [0.717, 1.165) is 19.3 Å². The lowest BCUT2D eigenvalue weighted by Gasteiger charge is -2.26. The average molecular weight is 485 g/mol. The molecule has 1 amide bonds. The van der Waals surface area contributed by atoms with Crippen LogP contribution in [0.1, 0.15) is 36.4 Å². The van der Waals surface area contributed by atoms with Gasteiger partial charge in [0, 0.05) is 32.3 Å². The number of methoxy groups -OCH3 is 1. The number of hydrogen-bond acceptors (Lipinski definition) is 6. The highest BCUT2D eigenvalue weighted by Crippen LogP contribution is 2.39. The number of ether oxygens (including phenoxy) is 1. The number of carbonyl (C=O) groups excluding carboxylic acids is 2. The number of nitrogens with zero attached hydrogens (tertiary/aromatic N) is 2. The largest absolute Gasteiger partial charge is 0.507 e. The van der Waals surface area contributed by atoms with Gasteiger partial charge in [-0.3, -0.25) is 9.59 Å². The smallest absolute Gasteiger partial charge is 0.295 e. The van der Waals surface area contributed by atoms with Gasteiger partial charge in [-0.25, -0.2) is 8.42 Å². The summed E-state index contributed by atoms with van der Waals surface area (Å²) in [5.41, 5.74) is 0.922. The molecule has 0 spiro atoms. The fourth-order valence-corrected chi connectivity index (χ4v) is 5.99. The van der Waals surface area contributed by atoms with Crippen molar-refractivity contribution in [1.82, 2.24) is 9.21 Å². The maximum absolute atomic E-state index is 13.0. The Labute approximate surface area is 199 Å². The standard InChI is InChI=1S/C25H28N2O6S/c1-33-17-16-27-22(18-8-4-2-5-9-18)21(24(29)25(27)30)23(28)19-10-12-20(13-11-19)34(31,32)26-14-6-3-7-15-26/h2,4-5,8-13,22,28H,3,6-7,14-17H2,1H3/b23-21+/t22-/m1/s1. The number of amides is 1. The Morgan fingerprint density at radius 3 is 2.26 bits per heavy atom. The van der Waals surface area contributed by atoms with Crippen molar-refractivity contribution >= 4 is 27.5 Å². The monoisotopic (exact) mass is 484 g/mol. The zero-order valence-corrected chi connectivity index (χ0v) is 19.8. The molecule has 1 N–H and O–H groups in total. The van der Waals surface area contributed by atoms with E-state index in [1.807, 2.05) is 6.07 Å². The van der Waals surface area contributed by atoms with Crippen molar-refractivity contribution in [3.8, 4) is 0 Å². The highest BCUT2D eigenvalue weighted by molar-refractivity contribution is 7.89. The van der Waals surface area contributed by atoms with Gasteiger partial charge < -0.3 is 14.7 Å². The lowest BCUT2D eigenvalue weighted by Crippen LogP contribution is -2.35. The molecule has 0 aliphatic carbocycles. The predicted octanol–water partition coefficient (Wildman–Crippen LogP) is 2.93. The first-order valence-corrected chi connectivity index (χ1v) is 12.7. The second-order valence-electron chi connectivity index (χ2n) is 8.39. The van der Waals surface area contributed by atoms with Crippen LogP contribution in [0.2, 0.25) is 0 Å². The first-order valence-electron chi connectivity index (χ1n) is 11.3. The number of benzene rings is 2. The van der Waals surface area contributed by atoms with Crippen molar-refractivity contribution in [2.75, 3.05) is 33.4 Å². The van der Waals surface area contributed by atoms with Gasteiger partial charge in [-0.15, -0.1) is 0 Å². The fraction of sp³-hybridized carbons (Fsp3) is 0.360. The van der Waals surface area contributed by atoms with Gasteiger partial charge in [-0.2, -0.15) is 4.31 Å². The molecule has 0 radical (unpaired) electrons. The number of Topliss-reactive ketones (excluding diaryl/α,β-unsaturated/α-hetero) is 1. The van der Waals surface area contributed by atoms with E-state index in [1.54, 1.807) is 24.3 Å². The van der Waals surface area contributed by atoms with Gasteiger partial charge in [0.2, 0.25) is 10.0 Å². The molecule has 2 aliphatic heterocycles. The molecule has 1 atom stereocenters. The molecule has 2 aliphatic rings. The molecule has 2 saturated heterocycles. The van der Waals surface area contributed by atoms with E-state index >= 15 is 0 Å². The van der Waals surface area contributed by atoms with E-state index in [2.05, 4.69) is 0 Å². The van der Waals surface area contributed by atoms with Crippen molar-refractivity contribution in [3.05, 3.63) is 71.3 Å². The third-order valence-corrected chi connectivity index (χ3v) is 8.19. The number of aliphatic hydroxyl groups is 1. The first kappa shape index (κ1) is 24.1. The summed E-state index contributed by atoms with van der Waals surface area (Å²) in [6.45, 7) is 1.40. The molecule has 2 heterocycles. The van der Waals surface area contributed by atoms with Crippen LogP contribution in [-0.4, -0.2) is 67.8 Å². The molecule has 2 aromatic carbocycles. The van der Waals surface area contributed by atoms with Gasteiger partial charge in [0.1, 0.15) is 5.76 Å². The van der Waals surface area contributed by atoms with E-state index in [0.29, 0.717) is 18.7 Å². The van der Waals surface area contributed by atoms with E-state index in [1.165, 1.54) is 40.6 Å². The number of hydrogen-bond donors (Lipinski definition) is 1. The van der Waals surface area contributed by atoms with Gasteiger partial charge >= 0.3 is 0 Å². The van der Waals surface area contributed by atoms with Crippen LogP contribution >= 0.6 is 0 Å². The molecule has 34 heavy (non-hydrogen) atoms. The zero-order chi connectivity index (χ0) is 24.3. The Balaban J connectivity index is 1.72. The molecular formula is C25H28N2O6S. The molecule has 0 unspecified atom stereocenters. The summed E-state index contributed by atoms with van der Waals surface area (Å²) in [7, 11) is -2.12. The minimum atomic E-state index is -3.62. The third-order valence-electron chi connectivity index (χ3n) is 6.27. The maximum atomic E-state index is 13.0. The van der Waals surface area contributed by atoms with Crippen LogP contribution in [0.4, 0.5) is 0 Å². The lowest BCUT2D eigenvalue weighted by atomic mass is 9.95. The van der Waals surface area contributed by atoms with E-state index < -0.39 is 27.8 Å². The molecule has 180 valence electrons. The van der Waals surface area contributed by atoms with E-state index in [9.17, 15) is 23.1 Å². The molecule has 9 heteroatoms. The summed E-state index contributed by atoms with van der Waals surface area (Å²) >= 11 is 0. The topological polar surface area (TPSA) is 104 Å². The maximum Gasteiger partial charge on any atom is 0.295 e. The molecule has 4 rings (SSSR count). The Kier molecular flexibility index (Phi) is 7.16. The van der Waals surface area contributed by atoms with Crippen LogP contribution < -0.4 is 0 Å². The Morgan fingerprint density at radius 1 is 1.00 bits per heavy atom. The highest BCUT2D eigenvalue weighted by Gasteiger charge is 2.45. The second kappa shape index (κ2) is 10.1. The number of carbonyl (C=O) groups is 2. The van der Waals surface area contributed by atoms with Gasteiger partial charge in [-0.05, 0) is 42.7 Å². The van der Waals surface area contributed by atoms with Crippen molar-refractivity contribution in [2.24, 2.45) is 0 Å². The fourth-order valence-electron chi connectivity index (χ4n) is 4.48. The molecule has 2 fully saturated rings. The summed E-state index contributed by atoms with van der Waals surface area (Å²) in [5.74, 6) is -1.83. The molecule has 2 aromatic rings. The summed E-state index contributed by atoms with van der Waals surface area (Å²) in [4.78, 5) is 27.3. The van der Waals surface area contributed by atoms with Crippen LogP contribution in [0.3, 0.4) is 0 Å². The van der Waals surface area contributed by atoms with Crippen molar-refractivity contribution in [2.45, 2.75) is 30.2 Å². The van der Waals surface area contributed by atoms with Crippen molar-refractivity contribution < 1.29 is 27.9 Å².